The van der Waals surface area contributed by atoms with Crippen LogP contribution in [0.2, 0.25) is 0 Å². The molecule has 0 spiro atoms. The number of carbonyl (C=O) groups is 1. The van der Waals surface area contributed by atoms with Gasteiger partial charge in [-0.05, 0) is 19.8 Å². The fraction of sp³-hybridized carbons (Fsp3) is 0.875. The molecule has 0 saturated heterocycles. The highest BCUT2D eigenvalue weighted by Crippen LogP contribution is 2.28. The first-order valence-corrected chi connectivity index (χ1v) is 4.46. The second kappa shape index (κ2) is 4.06. The topological polar surface area (TPSA) is 26.3 Å². The van der Waals surface area contributed by atoms with Crippen molar-refractivity contribution in [1.82, 2.24) is 0 Å². The van der Waals surface area contributed by atoms with Gasteiger partial charge < -0.3 is 4.74 Å². The molecule has 3 heteroatoms. The minimum Gasteiger partial charge on any atom is -0.465 e. The van der Waals surface area contributed by atoms with Gasteiger partial charge in [-0.1, -0.05) is 13.8 Å². The van der Waals surface area contributed by atoms with Crippen LogP contribution >= 0.6 is 9.24 Å². The van der Waals surface area contributed by atoms with Gasteiger partial charge in [0.05, 0.1) is 11.8 Å². The first-order valence-electron chi connectivity index (χ1n) is 3.89. The Bertz CT molecular complexity index is 141. The molecular weight excluding hydrogens is 159 g/mol. The number of esters is 1. The van der Waals surface area contributed by atoms with Gasteiger partial charge in [0.25, 0.3) is 0 Å². The predicted octanol–water partition coefficient (Wildman–Crippen LogP) is 1.84. The van der Waals surface area contributed by atoms with Crippen LogP contribution in [0.4, 0.5) is 0 Å². The summed E-state index contributed by atoms with van der Waals surface area (Å²) in [5, 5.41) is -0.435. The normalized spacial score (nSPS) is 16.2. The highest BCUT2D eigenvalue weighted by Gasteiger charge is 2.32. The summed E-state index contributed by atoms with van der Waals surface area (Å²) in [6, 6.07) is 0. The summed E-state index contributed by atoms with van der Waals surface area (Å²) in [6.07, 6.45) is 0. The molecule has 0 fully saturated rings. The van der Waals surface area contributed by atoms with Crippen LogP contribution in [0.3, 0.4) is 0 Å². The molecule has 0 N–H and O–H groups in total. The van der Waals surface area contributed by atoms with Crippen molar-refractivity contribution in [3.05, 3.63) is 0 Å². The lowest BCUT2D eigenvalue weighted by molar-refractivity contribution is -0.146. The summed E-state index contributed by atoms with van der Waals surface area (Å²) in [4.78, 5) is 11.3. The van der Waals surface area contributed by atoms with Gasteiger partial charge in [-0.15, -0.1) is 9.24 Å². The largest absolute Gasteiger partial charge is 0.465 e. The maximum absolute atomic E-state index is 11.3. The average molecular weight is 176 g/mol. The van der Waals surface area contributed by atoms with Gasteiger partial charge in [0.15, 0.2) is 0 Å². The summed E-state index contributed by atoms with van der Waals surface area (Å²) >= 11 is 0. The standard InChI is InChI=1S/C8H17O2P/c1-5-10-7(9)8(4,11)6(2)3/h6H,5,11H2,1-4H3. The van der Waals surface area contributed by atoms with E-state index >= 15 is 0 Å². The molecule has 2 nitrogen and oxygen atoms in total. The predicted molar refractivity (Wildman–Crippen MR) is 49.6 cm³/mol. The molecule has 0 aromatic carbocycles. The van der Waals surface area contributed by atoms with E-state index < -0.39 is 5.16 Å². The molecule has 11 heavy (non-hydrogen) atoms. The van der Waals surface area contributed by atoms with Gasteiger partial charge in [-0.25, -0.2) is 0 Å². The number of carbonyl (C=O) groups excluding carboxylic acids is 1. The van der Waals surface area contributed by atoms with Gasteiger partial charge in [0.2, 0.25) is 0 Å². The highest BCUT2D eigenvalue weighted by molar-refractivity contribution is 7.20. The first-order chi connectivity index (χ1) is 4.92. The summed E-state index contributed by atoms with van der Waals surface area (Å²) in [6.45, 7) is 8.16. The Balaban J connectivity index is 4.18. The molecule has 0 saturated carbocycles. The molecule has 66 valence electrons. The van der Waals surface area contributed by atoms with E-state index in [1.54, 1.807) is 0 Å². The Morgan fingerprint density at radius 1 is 1.64 bits per heavy atom. The fourth-order valence-corrected chi connectivity index (χ4v) is 0.606. The second-order valence-electron chi connectivity index (χ2n) is 3.16. The monoisotopic (exact) mass is 176 g/mol. The van der Waals surface area contributed by atoms with Crippen molar-refractivity contribution >= 4 is 15.2 Å². The van der Waals surface area contributed by atoms with E-state index in [9.17, 15) is 4.79 Å². The van der Waals surface area contributed by atoms with Crippen LogP contribution in [0.15, 0.2) is 0 Å². The molecule has 0 heterocycles. The van der Waals surface area contributed by atoms with Crippen LogP contribution in [-0.2, 0) is 9.53 Å². The van der Waals surface area contributed by atoms with Crippen molar-refractivity contribution in [2.24, 2.45) is 5.92 Å². The van der Waals surface area contributed by atoms with Crippen LogP contribution < -0.4 is 0 Å². The lowest BCUT2D eigenvalue weighted by atomic mass is 9.97. The van der Waals surface area contributed by atoms with Crippen LogP contribution in [0.25, 0.3) is 0 Å². The van der Waals surface area contributed by atoms with Crippen molar-refractivity contribution in [3.63, 3.8) is 0 Å². The Labute approximate surface area is 70.9 Å². The molecule has 0 bridgehead atoms. The van der Waals surface area contributed by atoms with Crippen molar-refractivity contribution in [1.29, 1.82) is 0 Å². The number of hydrogen-bond acceptors (Lipinski definition) is 2. The lowest BCUT2D eigenvalue weighted by Gasteiger charge is -2.25. The van der Waals surface area contributed by atoms with Crippen LogP contribution in [0.1, 0.15) is 27.7 Å². The number of hydrogen-bond donors (Lipinski definition) is 0. The van der Waals surface area contributed by atoms with Gasteiger partial charge >= 0.3 is 5.97 Å². The summed E-state index contributed by atoms with van der Waals surface area (Å²) in [7, 11) is 2.55. The molecule has 0 aliphatic carbocycles. The molecule has 0 aliphatic heterocycles. The molecule has 0 amide bonds. The highest BCUT2D eigenvalue weighted by atomic mass is 31.0. The molecule has 2 unspecified atom stereocenters. The molecule has 0 aliphatic rings. The van der Waals surface area contributed by atoms with E-state index in [-0.39, 0.29) is 11.9 Å². The van der Waals surface area contributed by atoms with E-state index in [0.29, 0.717) is 6.61 Å². The average Bonchev–Trinajstić information content (AvgIpc) is 1.88. The molecule has 0 aromatic heterocycles. The Hall–Kier alpha value is -0.100. The van der Waals surface area contributed by atoms with Crippen molar-refractivity contribution in [2.75, 3.05) is 6.61 Å². The van der Waals surface area contributed by atoms with Gasteiger partial charge in [0.1, 0.15) is 0 Å². The summed E-state index contributed by atoms with van der Waals surface area (Å²) < 4.78 is 4.91. The molecule has 2 atom stereocenters. The SMILES string of the molecule is CCOC(=O)C(C)(P)C(C)C. The minimum atomic E-state index is -0.435. The Kier molecular flexibility index (Phi) is 4.02. The quantitative estimate of drug-likeness (QED) is 0.484. The maximum atomic E-state index is 11.3. The first kappa shape index (κ1) is 10.9. The third-order valence-corrected chi connectivity index (χ3v) is 2.82. The zero-order chi connectivity index (χ0) is 9.07. The van der Waals surface area contributed by atoms with Crippen LogP contribution in [0, 0.1) is 5.92 Å². The molecule has 0 aromatic rings. The number of ether oxygens (including phenoxy) is 1. The zero-order valence-electron chi connectivity index (χ0n) is 7.68. The van der Waals surface area contributed by atoms with E-state index in [1.165, 1.54) is 0 Å². The van der Waals surface area contributed by atoms with Crippen molar-refractivity contribution in [2.45, 2.75) is 32.9 Å². The van der Waals surface area contributed by atoms with E-state index in [1.807, 2.05) is 27.7 Å². The third-order valence-electron chi connectivity index (χ3n) is 1.91. The Morgan fingerprint density at radius 2 is 2.09 bits per heavy atom. The smallest absolute Gasteiger partial charge is 0.315 e. The zero-order valence-corrected chi connectivity index (χ0v) is 8.83. The van der Waals surface area contributed by atoms with E-state index in [4.69, 9.17) is 4.74 Å². The van der Waals surface area contributed by atoms with Gasteiger partial charge in [0, 0.05) is 0 Å². The second-order valence-corrected chi connectivity index (χ2v) is 4.36. The summed E-state index contributed by atoms with van der Waals surface area (Å²) in [5.41, 5.74) is 0. The third kappa shape index (κ3) is 2.78. The minimum absolute atomic E-state index is 0.139. The maximum Gasteiger partial charge on any atom is 0.315 e. The summed E-state index contributed by atoms with van der Waals surface area (Å²) in [5.74, 6) is 0.145. The Morgan fingerprint density at radius 3 is 2.36 bits per heavy atom. The van der Waals surface area contributed by atoms with Gasteiger partial charge in [-0.3, -0.25) is 4.79 Å². The van der Waals surface area contributed by atoms with Gasteiger partial charge in [-0.2, -0.15) is 0 Å². The lowest BCUT2D eigenvalue weighted by Crippen LogP contribution is -2.35. The van der Waals surface area contributed by atoms with Crippen molar-refractivity contribution in [3.8, 4) is 0 Å². The number of rotatable bonds is 3. The van der Waals surface area contributed by atoms with Crippen LogP contribution in [0.5, 0.6) is 0 Å². The van der Waals surface area contributed by atoms with E-state index in [2.05, 4.69) is 9.24 Å². The fourth-order valence-electron chi connectivity index (χ4n) is 0.522. The van der Waals surface area contributed by atoms with E-state index in [0.717, 1.165) is 0 Å². The molecular formula is C8H17O2P. The molecule has 0 rings (SSSR count). The van der Waals surface area contributed by atoms with Crippen LogP contribution in [-0.4, -0.2) is 17.7 Å². The van der Waals surface area contributed by atoms with Crippen molar-refractivity contribution < 1.29 is 9.53 Å². The molecule has 0 radical (unpaired) electrons.